The van der Waals surface area contributed by atoms with E-state index in [-0.39, 0.29) is 23.0 Å². The lowest BCUT2D eigenvalue weighted by Gasteiger charge is -2.24. The van der Waals surface area contributed by atoms with Crippen LogP contribution in [0.15, 0.2) is 34.9 Å². The van der Waals surface area contributed by atoms with Gasteiger partial charge in [0.15, 0.2) is 0 Å². The number of hydrogen-bond acceptors (Lipinski definition) is 6. The largest absolute Gasteiger partial charge is 0.301 e. The lowest BCUT2D eigenvalue weighted by molar-refractivity contribution is -0.393. The van der Waals surface area contributed by atoms with Crippen LogP contribution in [0.4, 0.5) is 17.1 Å². The molecule has 2 atom stereocenters. The van der Waals surface area contributed by atoms with Gasteiger partial charge in [0.05, 0.1) is 21.6 Å². The van der Waals surface area contributed by atoms with Gasteiger partial charge in [0.2, 0.25) is 0 Å². The van der Waals surface area contributed by atoms with Crippen molar-refractivity contribution in [2.24, 2.45) is 16.9 Å². The Morgan fingerprint density at radius 1 is 1.17 bits per heavy atom. The third-order valence-electron chi connectivity index (χ3n) is 4.06. The number of benzene rings is 1. The SMILES string of the molecule is CC1=C/C(=N/Nc2ccc([N+](=O)[O-])cc2[N+](=O)[O-])C(C)CC1C. The summed E-state index contributed by atoms with van der Waals surface area (Å²) in [5.74, 6) is 0.718. The standard InChI is InChI=1S/C15H18N4O4/c1-9-6-11(3)14(7-10(9)2)17-16-13-5-4-12(18(20)21)8-15(13)19(22)23/h4-5,7-9,11,16H,6H2,1-3H3/b17-14-. The summed E-state index contributed by atoms with van der Waals surface area (Å²) in [5.41, 5.74) is 4.13. The molecule has 1 aliphatic rings. The van der Waals surface area contributed by atoms with Gasteiger partial charge in [0, 0.05) is 12.0 Å². The summed E-state index contributed by atoms with van der Waals surface area (Å²) in [5, 5.41) is 26.1. The molecule has 1 aromatic rings. The third kappa shape index (κ3) is 3.71. The molecule has 0 saturated carbocycles. The van der Waals surface area contributed by atoms with Crippen LogP contribution in [0.2, 0.25) is 0 Å². The second-order valence-electron chi connectivity index (χ2n) is 5.79. The number of hydrazone groups is 1. The number of nitro benzene ring substituents is 2. The highest BCUT2D eigenvalue weighted by atomic mass is 16.6. The van der Waals surface area contributed by atoms with Crippen LogP contribution in [-0.2, 0) is 0 Å². The van der Waals surface area contributed by atoms with Gasteiger partial charge in [-0.3, -0.25) is 25.7 Å². The van der Waals surface area contributed by atoms with Crippen molar-refractivity contribution in [2.75, 3.05) is 5.43 Å². The van der Waals surface area contributed by atoms with E-state index in [1.807, 2.05) is 19.9 Å². The van der Waals surface area contributed by atoms with Crippen LogP contribution in [0.3, 0.4) is 0 Å². The van der Waals surface area contributed by atoms with Gasteiger partial charge in [0.25, 0.3) is 5.69 Å². The molecule has 0 fully saturated rings. The Bertz CT molecular complexity index is 711. The van der Waals surface area contributed by atoms with Gasteiger partial charge in [-0.1, -0.05) is 19.4 Å². The van der Waals surface area contributed by atoms with Gasteiger partial charge in [-0.25, -0.2) is 0 Å². The predicted octanol–water partition coefficient (Wildman–Crippen LogP) is 3.89. The number of nitrogens with one attached hydrogen (secondary N) is 1. The summed E-state index contributed by atoms with van der Waals surface area (Å²) >= 11 is 0. The van der Waals surface area contributed by atoms with Gasteiger partial charge >= 0.3 is 5.69 Å². The van der Waals surface area contributed by atoms with E-state index in [4.69, 9.17) is 0 Å². The van der Waals surface area contributed by atoms with Crippen molar-refractivity contribution in [1.29, 1.82) is 0 Å². The first kappa shape index (κ1) is 16.6. The van der Waals surface area contributed by atoms with E-state index in [1.54, 1.807) is 0 Å². The van der Waals surface area contributed by atoms with Crippen LogP contribution in [0, 0.1) is 32.1 Å². The monoisotopic (exact) mass is 318 g/mol. The van der Waals surface area contributed by atoms with Crippen molar-refractivity contribution in [2.45, 2.75) is 27.2 Å². The number of rotatable bonds is 4. The highest BCUT2D eigenvalue weighted by Crippen LogP contribution is 2.30. The molecule has 122 valence electrons. The Morgan fingerprint density at radius 2 is 1.87 bits per heavy atom. The van der Waals surface area contributed by atoms with Crippen molar-refractivity contribution >= 4 is 22.8 Å². The molecule has 0 aromatic heterocycles. The van der Waals surface area contributed by atoms with Gasteiger partial charge in [-0.2, -0.15) is 5.10 Å². The van der Waals surface area contributed by atoms with Gasteiger partial charge in [0.1, 0.15) is 5.69 Å². The van der Waals surface area contributed by atoms with E-state index in [9.17, 15) is 20.2 Å². The maximum atomic E-state index is 11.1. The summed E-state index contributed by atoms with van der Waals surface area (Å²) in [6.07, 6.45) is 2.94. The van der Waals surface area contributed by atoms with Crippen molar-refractivity contribution in [3.05, 3.63) is 50.1 Å². The maximum absolute atomic E-state index is 11.1. The molecule has 1 N–H and O–H groups in total. The molecule has 8 heteroatoms. The Labute approximate surface area is 133 Å². The highest BCUT2D eigenvalue weighted by Gasteiger charge is 2.22. The minimum atomic E-state index is -0.667. The lowest BCUT2D eigenvalue weighted by atomic mass is 9.83. The molecule has 0 heterocycles. The zero-order valence-corrected chi connectivity index (χ0v) is 13.1. The first-order valence-corrected chi connectivity index (χ1v) is 7.24. The average Bonchev–Trinajstić information content (AvgIpc) is 2.49. The molecule has 8 nitrogen and oxygen atoms in total. The number of anilines is 1. The molecule has 2 unspecified atom stereocenters. The van der Waals surface area contributed by atoms with Crippen LogP contribution < -0.4 is 5.43 Å². The van der Waals surface area contributed by atoms with Crippen LogP contribution in [0.5, 0.6) is 0 Å². The van der Waals surface area contributed by atoms with E-state index in [0.717, 1.165) is 18.2 Å². The molecule has 0 aliphatic heterocycles. The normalized spacial score (nSPS) is 22.6. The quantitative estimate of drug-likeness (QED) is 0.668. The summed E-state index contributed by atoms with van der Waals surface area (Å²) < 4.78 is 0. The minimum absolute atomic E-state index is 0.130. The van der Waals surface area contributed by atoms with E-state index in [2.05, 4.69) is 17.5 Å². The first-order valence-electron chi connectivity index (χ1n) is 7.24. The highest BCUT2D eigenvalue weighted by molar-refractivity contribution is 5.98. The van der Waals surface area contributed by atoms with Gasteiger partial charge in [-0.05, 0) is 31.4 Å². The maximum Gasteiger partial charge on any atom is 0.301 e. The first-order chi connectivity index (χ1) is 10.8. The van der Waals surface area contributed by atoms with Crippen molar-refractivity contribution in [3.63, 3.8) is 0 Å². The molecule has 1 aliphatic carbocycles. The Kier molecular flexibility index (Phi) is 4.73. The smallest absolute Gasteiger partial charge is 0.271 e. The molecule has 0 radical (unpaired) electrons. The third-order valence-corrected chi connectivity index (χ3v) is 4.06. The minimum Gasteiger partial charge on any atom is -0.271 e. The second-order valence-corrected chi connectivity index (χ2v) is 5.79. The summed E-state index contributed by atoms with van der Waals surface area (Å²) in [6.45, 7) is 6.22. The second kappa shape index (κ2) is 6.55. The summed E-state index contributed by atoms with van der Waals surface area (Å²) in [7, 11) is 0. The average molecular weight is 318 g/mol. The fourth-order valence-electron chi connectivity index (χ4n) is 2.50. The van der Waals surface area contributed by atoms with Gasteiger partial charge in [-0.15, -0.1) is 0 Å². The van der Waals surface area contributed by atoms with E-state index in [1.165, 1.54) is 17.7 Å². The fourth-order valence-corrected chi connectivity index (χ4v) is 2.50. The molecular formula is C15H18N4O4. The number of nitrogens with zero attached hydrogens (tertiary/aromatic N) is 3. The molecule has 0 saturated heterocycles. The molecule has 1 aromatic carbocycles. The van der Waals surface area contributed by atoms with E-state index in [0.29, 0.717) is 5.92 Å². The number of nitro groups is 2. The van der Waals surface area contributed by atoms with Crippen molar-refractivity contribution in [1.82, 2.24) is 0 Å². The lowest BCUT2D eigenvalue weighted by Crippen LogP contribution is -2.20. The van der Waals surface area contributed by atoms with E-state index >= 15 is 0 Å². The van der Waals surface area contributed by atoms with Crippen molar-refractivity contribution in [3.8, 4) is 0 Å². The molecule has 23 heavy (non-hydrogen) atoms. The molecule has 0 bridgehead atoms. The summed E-state index contributed by atoms with van der Waals surface area (Å²) in [4.78, 5) is 20.5. The van der Waals surface area contributed by atoms with Gasteiger partial charge < -0.3 is 0 Å². The summed E-state index contributed by atoms with van der Waals surface area (Å²) in [6, 6.07) is 3.44. The Hall–Kier alpha value is -2.77. The zero-order chi connectivity index (χ0) is 17.1. The number of hydrogen-bond donors (Lipinski definition) is 1. The molecule has 2 rings (SSSR count). The number of non-ortho nitro benzene ring substituents is 1. The van der Waals surface area contributed by atoms with Crippen LogP contribution >= 0.6 is 0 Å². The predicted molar refractivity (Wildman–Crippen MR) is 87.5 cm³/mol. The number of allylic oxidation sites excluding steroid dienone is 2. The van der Waals surface area contributed by atoms with Crippen LogP contribution in [-0.4, -0.2) is 15.6 Å². The van der Waals surface area contributed by atoms with Crippen LogP contribution in [0.25, 0.3) is 0 Å². The fraction of sp³-hybridized carbons (Fsp3) is 0.400. The van der Waals surface area contributed by atoms with E-state index < -0.39 is 9.85 Å². The zero-order valence-electron chi connectivity index (χ0n) is 13.1. The molecular weight excluding hydrogens is 300 g/mol. The molecule has 0 spiro atoms. The van der Waals surface area contributed by atoms with Crippen LogP contribution in [0.1, 0.15) is 27.2 Å². The Morgan fingerprint density at radius 3 is 2.48 bits per heavy atom. The topological polar surface area (TPSA) is 111 Å². The Balaban J connectivity index is 2.31. The van der Waals surface area contributed by atoms with Crippen molar-refractivity contribution < 1.29 is 9.85 Å². The molecule has 0 amide bonds.